The van der Waals surface area contributed by atoms with Crippen molar-refractivity contribution in [2.24, 2.45) is 0 Å². The SMILES string of the molecule is C=CC=C(C)c1ccc2ncnc(C)c2n1. The molecule has 0 amide bonds. The Bertz CT molecular complexity index is 570. The Morgan fingerprint density at radius 3 is 2.88 bits per heavy atom. The normalized spacial score (nSPS) is 11.8. The molecule has 0 spiro atoms. The van der Waals surface area contributed by atoms with E-state index in [0.29, 0.717) is 0 Å². The second kappa shape index (κ2) is 4.23. The van der Waals surface area contributed by atoms with E-state index >= 15 is 0 Å². The van der Waals surface area contributed by atoms with Gasteiger partial charge in [-0.1, -0.05) is 18.7 Å². The lowest BCUT2D eigenvalue weighted by Crippen LogP contribution is -1.93. The molecule has 0 radical (unpaired) electrons. The Labute approximate surface area is 94.6 Å². The predicted molar refractivity (Wildman–Crippen MR) is 65.9 cm³/mol. The van der Waals surface area contributed by atoms with Crippen molar-refractivity contribution in [1.82, 2.24) is 15.0 Å². The Kier molecular flexibility index (Phi) is 2.77. The first kappa shape index (κ1) is 10.5. The van der Waals surface area contributed by atoms with E-state index in [1.807, 2.05) is 32.1 Å². The number of allylic oxidation sites excluding steroid dienone is 3. The van der Waals surface area contributed by atoms with Gasteiger partial charge in [-0.3, -0.25) is 0 Å². The minimum absolute atomic E-state index is 0.858. The fourth-order valence-corrected chi connectivity index (χ4v) is 1.54. The largest absolute Gasteiger partial charge is 0.245 e. The third-order valence-corrected chi connectivity index (χ3v) is 2.44. The summed E-state index contributed by atoms with van der Waals surface area (Å²) in [6.45, 7) is 7.62. The lowest BCUT2D eigenvalue weighted by Gasteiger charge is -2.03. The molecule has 2 aromatic heterocycles. The van der Waals surface area contributed by atoms with Gasteiger partial charge in [-0.25, -0.2) is 15.0 Å². The number of nitrogens with zero attached hydrogens (tertiary/aromatic N) is 3. The van der Waals surface area contributed by atoms with Crippen LogP contribution in [0.15, 0.2) is 37.2 Å². The zero-order valence-corrected chi connectivity index (χ0v) is 9.44. The van der Waals surface area contributed by atoms with Crippen molar-refractivity contribution >= 4 is 16.6 Å². The van der Waals surface area contributed by atoms with Crippen molar-refractivity contribution in [3.63, 3.8) is 0 Å². The fraction of sp³-hybridized carbons (Fsp3) is 0.154. The molecule has 2 rings (SSSR count). The van der Waals surface area contributed by atoms with Crippen LogP contribution in [0.2, 0.25) is 0 Å². The first-order valence-electron chi connectivity index (χ1n) is 5.10. The van der Waals surface area contributed by atoms with Crippen molar-refractivity contribution in [2.75, 3.05) is 0 Å². The van der Waals surface area contributed by atoms with Crippen LogP contribution in [0.5, 0.6) is 0 Å². The first-order valence-corrected chi connectivity index (χ1v) is 5.10. The van der Waals surface area contributed by atoms with E-state index in [1.54, 1.807) is 12.4 Å². The highest BCUT2D eigenvalue weighted by molar-refractivity contribution is 5.78. The second-order valence-electron chi connectivity index (χ2n) is 3.61. The molecule has 0 bridgehead atoms. The van der Waals surface area contributed by atoms with Crippen LogP contribution in [-0.4, -0.2) is 15.0 Å². The molecule has 3 nitrogen and oxygen atoms in total. The average Bonchev–Trinajstić information content (AvgIpc) is 2.29. The summed E-state index contributed by atoms with van der Waals surface area (Å²) in [4.78, 5) is 12.9. The van der Waals surface area contributed by atoms with E-state index in [0.717, 1.165) is 28.0 Å². The van der Waals surface area contributed by atoms with Crippen molar-refractivity contribution < 1.29 is 0 Å². The summed E-state index contributed by atoms with van der Waals surface area (Å²) in [7, 11) is 0. The molecule has 0 saturated heterocycles. The van der Waals surface area contributed by atoms with Crippen LogP contribution in [0.1, 0.15) is 18.3 Å². The Balaban J connectivity index is 2.64. The van der Waals surface area contributed by atoms with Crippen LogP contribution in [0.3, 0.4) is 0 Å². The number of aromatic nitrogens is 3. The summed E-state index contributed by atoms with van der Waals surface area (Å²) in [5, 5.41) is 0. The van der Waals surface area contributed by atoms with Crippen LogP contribution < -0.4 is 0 Å². The van der Waals surface area contributed by atoms with E-state index in [1.165, 1.54) is 0 Å². The lowest BCUT2D eigenvalue weighted by atomic mass is 10.1. The van der Waals surface area contributed by atoms with Gasteiger partial charge in [-0.05, 0) is 31.6 Å². The molecule has 0 aliphatic rings. The summed E-state index contributed by atoms with van der Waals surface area (Å²) in [5.41, 5.74) is 4.66. The highest BCUT2D eigenvalue weighted by atomic mass is 14.9. The van der Waals surface area contributed by atoms with Crippen LogP contribution in [0.4, 0.5) is 0 Å². The van der Waals surface area contributed by atoms with E-state index in [4.69, 9.17) is 0 Å². The predicted octanol–water partition coefficient (Wildman–Crippen LogP) is 2.92. The minimum Gasteiger partial charge on any atom is -0.245 e. The number of aryl methyl sites for hydroxylation is 1. The molecule has 2 heterocycles. The maximum atomic E-state index is 4.55. The Hall–Kier alpha value is -2.03. The van der Waals surface area contributed by atoms with Gasteiger partial charge < -0.3 is 0 Å². The molecule has 2 aromatic rings. The molecule has 0 aromatic carbocycles. The topological polar surface area (TPSA) is 38.7 Å². The van der Waals surface area contributed by atoms with Gasteiger partial charge in [0, 0.05) is 0 Å². The zero-order chi connectivity index (χ0) is 11.5. The van der Waals surface area contributed by atoms with Crippen LogP contribution in [-0.2, 0) is 0 Å². The van der Waals surface area contributed by atoms with Gasteiger partial charge in [-0.15, -0.1) is 0 Å². The van der Waals surface area contributed by atoms with Gasteiger partial charge in [-0.2, -0.15) is 0 Å². The number of hydrogen-bond donors (Lipinski definition) is 0. The number of hydrogen-bond acceptors (Lipinski definition) is 3. The van der Waals surface area contributed by atoms with Gasteiger partial charge in [0.15, 0.2) is 0 Å². The van der Waals surface area contributed by atoms with Gasteiger partial charge in [0.1, 0.15) is 11.8 Å². The van der Waals surface area contributed by atoms with Gasteiger partial charge in [0.2, 0.25) is 0 Å². The monoisotopic (exact) mass is 211 g/mol. The first-order chi connectivity index (χ1) is 7.72. The average molecular weight is 211 g/mol. The van der Waals surface area contributed by atoms with Crippen molar-refractivity contribution in [3.05, 3.63) is 48.6 Å². The maximum absolute atomic E-state index is 4.55. The summed E-state index contributed by atoms with van der Waals surface area (Å²) in [6.07, 6.45) is 5.26. The van der Waals surface area contributed by atoms with E-state index < -0.39 is 0 Å². The van der Waals surface area contributed by atoms with E-state index in [-0.39, 0.29) is 0 Å². The number of rotatable bonds is 2. The molecule has 3 heteroatoms. The fourth-order valence-electron chi connectivity index (χ4n) is 1.54. The van der Waals surface area contributed by atoms with Gasteiger partial charge >= 0.3 is 0 Å². The second-order valence-corrected chi connectivity index (χ2v) is 3.61. The molecule has 0 saturated carbocycles. The summed E-state index contributed by atoms with van der Waals surface area (Å²) < 4.78 is 0. The van der Waals surface area contributed by atoms with E-state index in [9.17, 15) is 0 Å². The van der Waals surface area contributed by atoms with Crippen molar-refractivity contribution in [3.8, 4) is 0 Å². The van der Waals surface area contributed by atoms with Crippen molar-refractivity contribution in [2.45, 2.75) is 13.8 Å². The van der Waals surface area contributed by atoms with Crippen molar-refractivity contribution in [1.29, 1.82) is 0 Å². The van der Waals surface area contributed by atoms with Gasteiger partial charge in [0.05, 0.1) is 16.9 Å². The third kappa shape index (κ3) is 1.84. The Morgan fingerprint density at radius 2 is 2.12 bits per heavy atom. The maximum Gasteiger partial charge on any atom is 0.116 e. The minimum atomic E-state index is 0.858. The molecule has 0 atom stereocenters. The molecule has 0 unspecified atom stereocenters. The summed E-state index contributed by atoms with van der Waals surface area (Å²) in [6, 6.07) is 3.93. The van der Waals surface area contributed by atoms with Crippen LogP contribution >= 0.6 is 0 Å². The molecule has 80 valence electrons. The number of fused-ring (bicyclic) bond motifs is 1. The summed E-state index contributed by atoms with van der Waals surface area (Å²) >= 11 is 0. The standard InChI is InChI=1S/C13H13N3/c1-4-5-9(2)11-6-7-12-13(16-11)10(3)14-8-15-12/h4-8H,1H2,2-3H3. The molecular formula is C13H13N3. The molecular weight excluding hydrogens is 198 g/mol. The Morgan fingerprint density at radius 1 is 1.31 bits per heavy atom. The van der Waals surface area contributed by atoms with Crippen LogP contribution in [0, 0.1) is 6.92 Å². The molecule has 0 aliphatic heterocycles. The van der Waals surface area contributed by atoms with E-state index in [2.05, 4.69) is 21.5 Å². The quantitative estimate of drug-likeness (QED) is 0.717. The van der Waals surface area contributed by atoms with Crippen LogP contribution in [0.25, 0.3) is 16.6 Å². The van der Waals surface area contributed by atoms with Gasteiger partial charge in [0.25, 0.3) is 0 Å². The lowest BCUT2D eigenvalue weighted by molar-refractivity contribution is 1.12. The smallest absolute Gasteiger partial charge is 0.116 e. The molecule has 16 heavy (non-hydrogen) atoms. The third-order valence-electron chi connectivity index (χ3n) is 2.44. The molecule has 0 N–H and O–H groups in total. The summed E-state index contributed by atoms with van der Waals surface area (Å²) in [5.74, 6) is 0. The highest BCUT2D eigenvalue weighted by Gasteiger charge is 2.03. The number of pyridine rings is 1. The zero-order valence-electron chi connectivity index (χ0n) is 9.44. The molecule has 0 fully saturated rings. The molecule has 0 aliphatic carbocycles. The highest BCUT2D eigenvalue weighted by Crippen LogP contribution is 2.17.